The van der Waals surface area contributed by atoms with Crippen molar-refractivity contribution in [3.8, 4) is 6.07 Å². The molecule has 1 aromatic carbocycles. The minimum Gasteiger partial charge on any atom is -0.266 e. The third-order valence-corrected chi connectivity index (χ3v) is 4.18. The van der Waals surface area contributed by atoms with Crippen LogP contribution in [-0.4, -0.2) is 10.9 Å². The van der Waals surface area contributed by atoms with Gasteiger partial charge in [0, 0.05) is 0 Å². The summed E-state index contributed by atoms with van der Waals surface area (Å²) in [7, 11) is 0. The number of aromatic nitrogens is 1. The third-order valence-electron chi connectivity index (χ3n) is 4.18. The second-order valence-electron chi connectivity index (χ2n) is 5.77. The second-order valence-corrected chi connectivity index (χ2v) is 5.77. The Hall–Kier alpha value is -2.88. The van der Waals surface area contributed by atoms with Crippen LogP contribution < -0.4 is 5.56 Å². The maximum absolute atomic E-state index is 13.7. The van der Waals surface area contributed by atoms with Gasteiger partial charge in [-0.25, -0.2) is 0 Å². The van der Waals surface area contributed by atoms with E-state index < -0.39 is 17.4 Å². The lowest BCUT2D eigenvalue weighted by Gasteiger charge is -2.23. The van der Waals surface area contributed by atoms with Crippen molar-refractivity contribution in [2.24, 2.45) is 5.10 Å². The molecule has 0 N–H and O–H groups in total. The normalized spacial score (nSPS) is 14.3. The van der Waals surface area contributed by atoms with Crippen LogP contribution in [0.1, 0.15) is 40.8 Å². The fourth-order valence-corrected chi connectivity index (χ4v) is 3.09. The maximum Gasteiger partial charge on any atom is 0.433 e. The predicted molar refractivity (Wildman–Crippen MR) is 86.5 cm³/mol. The highest BCUT2D eigenvalue weighted by Gasteiger charge is 2.40. The molecule has 0 aliphatic heterocycles. The fourth-order valence-electron chi connectivity index (χ4n) is 3.09. The number of benzene rings is 1. The van der Waals surface area contributed by atoms with Gasteiger partial charge in [0.15, 0.2) is 5.69 Å². The van der Waals surface area contributed by atoms with Crippen LogP contribution in [0.5, 0.6) is 0 Å². The first-order valence-corrected chi connectivity index (χ1v) is 7.81. The van der Waals surface area contributed by atoms with Crippen molar-refractivity contribution < 1.29 is 13.2 Å². The number of nitriles is 1. The maximum atomic E-state index is 13.7. The van der Waals surface area contributed by atoms with E-state index in [0.29, 0.717) is 29.5 Å². The van der Waals surface area contributed by atoms with Gasteiger partial charge in [-0.15, -0.1) is 0 Å². The van der Waals surface area contributed by atoms with Crippen molar-refractivity contribution in [3.05, 3.63) is 68.6 Å². The summed E-state index contributed by atoms with van der Waals surface area (Å²) in [5.41, 5.74) is -1.55. The smallest absolute Gasteiger partial charge is 0.266 e. The Morgan fingerprint density at radius 1 is 1.12 bits per heavy atom. The summed E-state index contributed by atoms with van der Waals surface area (Å²) in [6.07, 6.45) is -1.81. The molecule has 3 rings (SSSR count). The van der Waals surface area contributed by atoms with Gasteiger partial charge in [0.25, 0.3) is 5.56 Å². The molecule has 1 aliphatic rings. The van der Waals surface area contributed by atoms with E-state index in [-0.39, 0.29) is 23.1 Å². The van der Waals surface area contributed by atoms with Crippen LogP contribution in [0.3, 0.4) is 0 Å². The van der Waals surface area contributed by atoms with Crippen LogP contribution >= 0.6 is 0 Å². The Balaban J connectivity index is 2.28. The quantitative estimate of drug-likeness (QED) is 0.782. The molecule has 0 saturated carbocycles. The zero-order valence-corrected chi connectivity index (χ0v) is 13.2. The molecule has 0 saturated heterocycles. The van der Waals surface area contributed by atoms with Crippen LogP contribution in [0.25, 0.3) is 0 Å². The van der Waals surface area contributed by atoms with Gasteiger partial charge < -0.3 is 0 Å². The van der Waals surface area contributed by atoms with Crippen molar-refractivity contribution in [3.63, 3.8) is 0 Å². The molecule has 0 fully saturated rings. The summed E-state index contributed by atoms with van der Waals surface area (Å²) in [4.78, 5) is 12.5. The Bertz CT molecular complexity index is 922. The molecule has 2 aromatic rings. The summed E-state index contributed by atoms with van der Waals surface area (Å²) in [6.45, 7) is 0. The van der Waals surface area contributed by atoms with Crippen molar-refractivity contribution in [2.75, 3.05) is 0 Å². The summed E-state index contributed by atoms with van der Waals surface area (Å²) in [5, 5.41) is 13.0. The Morgan fingerprint density at radius 2 is 1.76 bits per heavy atom. The van der Waals surface area contributed by atoms with Gasteiger partial charge in [0.05, 0.1) is 6.21 Å². The van der Waals surface area contributed by atoms with Crippen LogP contribution in [0.15, 0.2) is 40.2 Å². The monoisotopic (exact) mass is 345 g/mol. The Labute approximate surface area is 141 Å². The fraction of sp³-hybridized carbons (Fsp3) is 0.278. The van der Waals surface area contributed by atoms with Gasteiger partial charge in [-0.3, -0.25) is 4.79 Å². The first-order valence-electron chi connectivity index (χ1n) is 7.81. The molecule has 4 nitrogen and oxygen atoms in total. The molecule has 0 spiro atoms. The number of hydrogen-bond acceptors (Lipinski definition) is 3. The van der Waals surface area contributed by atoms with E-state index in [1.165, 1.54) is 6.21 Å². The van der Waals surface area contributed by atoms with Crippen molar-refractivity contribution in [1.29, 1.82) is 5.26 Å². The average molecular weight is 345 g/mol. The Kier molecular flexibility index (Phi) is 4.45. The topological polar surface area (TPSA) is 58.1 Å². The van der Waals surface area contributed by atoms with Crippen LogP contribution in [0, 0.1) is 11.3 Å². The van der Waals surface area contributed by atoms with E-state index in [2.05, 4.69) is 5.10 Å². The minimum atomic E-state index is -4.73. The molecular weight excluding hydrogens is 331 g/mol. The third kappa shape index (κ3) is 3.20. The van der Waals surface area contributed by atoms with Crippen molar-refractivity contribution in [1.82, 2.24) is 4.68 Å². The molecule has 0 amide bonds. The molecule has 0 atom stereocenters. The zero-order valence-electron chi connectivity index (χ0n) is 13.2. The van der Waals surface area contributed by atoms with Gasteiger partial charge in [-0.05, 0) is 42.4 Å². The van der Waals surface area contributed by atoms with Crippen LogP contribution in [-0.2, 0) is 19.0 Å². The molecule has 1 heterocycles. The van der Waals surface area contributed by atoms with Gasteiger partial charge in [-0.2, -0.15) is 28.2 Å². The zero-order chi connectivity index (χ0) is 18.0. The first kappa shape index (κ1) is 17.0. The number of pyridine rings is 1. The van der Waals surface area contributed by atoms with E-state index in [4.69, 9.17) is 0 Å². The molecule has 1 aromatic heterocycles. The Morgan fingerprint density at radius 3 is 2.36 bits per heavy atom. The van der Waals surface area contributed by atoms with E-state index in [1.807, 2.05) is 0 Å². The molecule has 25 heavy (non-hydrogen) atoms. The van der Waals surface area contributed by atoms with Gasteiger partial charge in [0.2, 0.25) is 0 Å². The number of alkyl halides is 3. The molecule has 0 unspecified atom stereocenters. The molecule has 1 aliphatic carbocycles. The summed E-state index contributed by atoms with van der Waals surface area (Å²) >= 11 is 0. The molecule has 0 bridgehead atoms. The number of nitrogens with zero attached hydrogens (tertiary/aromatic N) is 3. The SMILES string of the molecule is N#Cc1c2c(c(C(F)(F)F)n(/N=C/c3ccccc3)c1=O)CCCC2. The highest BCUT2D eigenvalue weighted by Crippen LogP contribution is 2.36. The van der Waals surface area contributed by atoms with Crippen molar-refractivity contribution in [2.45, 2.75) is 31.9 Å². The van der Waals surface area contributed by atoms with Gasteiger partial charge >= 0.3 is 6.18 Å². The highest BCUT2D eigenvalue weighted by atomic mass is 19.4. The molecule has 0 radical (unpaired) electrons. The molecule has 128 valence electrons. The molecule has 7 heteroatoms. The van der Waals surface area contributed by atoms with Gasteiger partial charge in [-0.1, -0.05) is 30.3 Å². The number of rotatable bonds is 2. The number of fused-ring (bicyclic) bond motifs is 1. The van der Waals surface area contributed by atoms with Crippen LogP contribution in [0.2, 0.25) is 0 Å². The largest absolute Gasteiger partial charge is 0.433 e. The van der Waals surface area contributed by atoms with Gasteiger partial charge in [0.1, 0.15) is 11.6 Å². The highest BCUT2D eigenvalue weighted by molar-refractivity contribution is 5.79. The summed E-state index contributed by atoms with van der Waals surface area (Å²) in [6, 6.07) is 10.3. The van der Waals surface area contributed by atoms with E-state index >= 15 is 0 Å². The standard InChI is InChI=1S/C18H14F3N3O/c19-18(20,21)16-14-9-5-4-8-13(14)15(10-22)17(25)24(16)23-11-12-6-2-1-3-7-12/h1-3,6-7,11H,4-5,8-9H2/b23-11+. The average Bonchev–Trinajstić information content (AvgIpc) is 2.59. The van der Waals surface area contributed by atoms with Crippen molar-refractivity contribution >= 4 is 6.21 Å². The lowest BCUT2D eigenvalue weighted by molar-refractivity contribution is -0.144. The lowest BCUT2D eigenvalue weighted by atomic mass is 9.88. The van der Waals surface area contributed by atoms with E-state index in [9.17, 15) is 23.2 Å². The predicted octanol–water partition coefficient (Wildman–Crippen LogP) is 3.50. The second kappa shape index (κ2) is 6.55. The van der Waals surface area contributed by atoms with Crippen LogP contribution in [0.4, 0.5) is 13.2 Å². The number of hydrogen-bond donors (Lipinski definition) is 0. The first-order chi connectivity index (χ1) is 11.9. The van der Waals surface area contributed by atoms with E-state index in [1.54, 1.807) is 36.4 Å². The summed E-state index contributed by atoms with van der Waals surface area (Å²) in [5.74, 6) is 0. The minimum absolute atomic E-state index is 0.0140. The molecular formula is C18H14F3N3O. The summed E-state index contributed by atoms with van der Waals surface area (Å²) < 4.78 is 41.3. The van der Waals surface area contributed by atoms with E-state index in [0.717, 1.165) is 0 Å². The number of halogens is 3. The lowest BCUT2D eigenvalue weighted by Crippen LogP contribution is -2.32.